The Hall–Kier alpha value is -1.58. The molecule has 0 aromatic carbocycles. The van der Waals surface area contributed by atoms with Gasteiger partial charge in [0.2, 0.25) is 0 Å². The van der Waals surface area contributed by atoms with E-state index in [1.807, 2.05) is 0 Å². The van der Waals surface area contributed by atoms with Crippen molar-refractivity contribution in [2.75, 3.05) is 13.7 Å². The molecule has 0 amide bonds. The molecule has 0 aliphatic rings. The van der Waals surface area contributed by atoms with Gasteiger partial charge in [-0.15, -0.1) is 0 Å². The summed E-state index contributed by atoms with van der Waals surface area (Å²) in [6, 6.07) is 0. The molecule has 0 aliphatic heterocycles. The molecule has 0 spiro atoms. The van der Waals surface area contributed by atoms with Gasteiger partial charge in [-0.2, -0.15) is 0 Å². The standard InChI is InChI=1S/C9H11O4/c1-3-13-9(11)7-5-4-6-8(10)12-2/h4,6-7H,3H2,1-2H3. The van der Waals surface area contributed by atoms with Crippen LogP contribution >= 0.6 is 0 Å². The van der Waals surface area contributed by atoms with Crippen LogP contribution in [0.4, 0.5) is 0 Å². The van der Waals surface area contributed by atoms with Crippen molar-refractivity contribution in [1.82, 2.24) is 0 Å². The Morgan fingerprint density at radius 2 is 2.08 bits per heavy atom. The first-order chi connectivity index (χ1) is 6.20. The SMILES string of the molecule is CCOC(=O)/C=[C]/C=CC(=O)OC. The topological polar surface area (TPSA) is 52.6 Å². The van der Waals surface area contributed by atoms with Crippen LogP contribution in [0.2, 0.25) is 0 Å². The van der Waals surface area contributed by atoms with Crippen LogP contribution in [0.5, 0.6) is 0 Å². The van der Waals surface area contributed by atoms with Crippen LogP contribution in [0, 0.1) is 6.08 Å². The number of carbonyl (C=O) groups excluding carboxylic acids is 2. The van der Waals surface area contributed by atoms with Crippen LogP contribution in [0.1, 0.15) is 6.92 Å². The monoisotopic (exact) mass is 183 g/mol. The van der Waals surface area contributed by atoms with Crippen LogP contribution in [0.15, 0.2) is 18.2 Å². The summed E-state index contributed by atoms with van der Waals surface area (Å²) in [6.45, 7) is 2.02. The van der Waals surface area contributed by atoms with Gasteiger partial charge in [-0.05, 0) is 19.1 Å². The van der Waals surface area contributed by atoms with E-state index in [9.17, 15) is 9.59 Å². The number of hydrogen-bond donors (Lipinski definition) is 0. The van der Waals surface area contributed by atoms with E-state index in [0.29, 0.717) is 6.61 Å². The first kappa shape index (κ1) is 11.4. The van der Waals surface area contributed by atoms with Gasteiger partial charge in [0.25, 0.3) is 0 Å². The smallest absolute Gasteiger partial charge is 0.331 e. The maximum absolute atomic E-state index is 10.7. The second kappa shape index (κ2) is 7.09. The minimum atomic E-state index is -0.496. The van der Waals surface area contributed by atoms with Crippen LogP contribution in [-0.2, 0) is 19.1 Å². The van der Waals surface area contributed by atoms with E-state index in [1.54, 1.807) is 6.92 Å². The maximum atomic E-state index is 10.7. The van der Waals surface area contributed by atoms with Gasteiger partial charge in [0, 0.05) is 12.2 Å². The first-order valence-corrected chi connectivity index (χ1v) is 3.71. The number of rotatable bonds is 4. The Kier molecular flexibility index (Phi) is 6.23. The molecule has 0 fully saturated rings. The Labute approximate surface area is 76.8 Å². The van der Waals surface area contributed by atoms with Gasteiger partial charge in [0.05, 0.1) is 13.7 Å². The van der Waals surface area contributed by atoms with Crippen molar-refractivity contribution in [3.8, 4) is 0 Å². The third kappa shape index (κ3) is 6.80. The van der Waals surface area contributed by atoms with Crippen molar-refractivity contribution < 1.29 is 19.1 Å². The summed E-state index contributed by atoms with van der Waals surface area (Å²) in [6.07, 6.45) is 5.98. The van der Waals surface area contributed by atoms with Crippen LogP contribution in [0.25, 0.3) is 0 Å². The number of esters is 2. The van der Waals surface area contributed by atoms with Crippen molar-refractivity contribution in [2.24, 2.45) is 0 Å². The fourth-order valence-corrected chi connectivity index (χ4v) is 0.484. The van der Waals surface area contributed by atoms with E-state index in [-0.39, 0.29) is 0 Å². The summed E-state index contributed by atoms with van der Waals surface area (Å²) in [4.78, 5) is 21.2. The average Bonchev–Trinajstić information content (AvgIpc) is 2.12. The number of ether oxygens (including phenoxy) is 2. The molecular formula is C9H11O4. The molecule has 4 heteroatoms. The summed E-state index contributed by atoms with van der Waals surface area (Å²) in [5, 5.41) is 0. The molecule has 0 aromatic rings. The number of methoxy groups -OCH3 is 1. The molecule has 71 valence electrons. The van der Waals surface area contributed by atoms with Crippen molar-refractivity contribution in [1.29, 1.82) is 0 Å². The van der Waals surface area contributed by atoms with Gasteiger partial charge in [0.15, 0.2) is 0 Å². The third-order valence-corrected chi connectivity index (χ3v) is 1.00. The van der Waals surface area contributed by atoms with E-state index < -0.39 is 11.9 Å². The summed E-state index contributed by atoms with van der Waals surface area (Å²) in [5.74, 6) is -0.984. The average molecular weight is 183 g/mol. The molecule has 0 saturated heterocycles. The lowest BCUT2D eigenvalue weighted by Crippen LogP contribution is -1.98. The van der Waals surface area contributed by atoms with E-state index in [0.717, 1.165) is 12.2 Å². The van der Waals surface area contributed by atoms with Gasteiger partial charge in [0.1, 0.15) is 0 Å². The molecule has 0 unspecified atom stereocenters. The Bertz CT molecular complexity index is 228. The summed E-state index contributed by atoms with van der Waals surface area (Å²) >= 11 is 0. The first-order valence-electron chi connectivity index (χ1n) is 3.71. The third-order valence-electron chi connectivity index (χ3n) is 1.00. The molecule has 0 bridgehead atoms. The van der Waals surface area contributed by atoms with Crippen LogP contribution in [0.3, 0.4) is 0 Å². The molecule has 0 heterocycles. The van der Waals surface area contributed by atoms with E-state index in [1.165, 1.54) is 13.2 Å². The maximum Gasteiger partial charge on any atom is 0.331 e. The highest BCUT2D eigenvalue weighted by molar-refractivity contribution is 5.83. The van der Waals surface area contributed by atoms with Crippen molar-refractivity contribution in [3.05, 3.63) is 24.3 Å². The predicted molar refractivity (Wildman–Crippen MR) is 45.6 cm³/mol. The number of carbonyl (C=O) groups is 2. The molecule has 0 N–H and O–H groups in total. The Morgan fingerprint density at radius 1 is 1.38 bits per heavy atom. The van der Waals surface area contributed by atoms with Crippen LogP contribution < -0.4 is 0 Å². The van der Waals surface area contributed by atoms with Gasteiger partial charge >= 0.3 is 11.9 Å². The highest BCUT2D eigenvalue weighted by Gasteiger charge is 1.91. The minimum Gasteiger partial charge on any atom is -0.466 e. The normalized spacial score (nSPS) is 10.6. The predicted octanol–water partition coefficient (Wildman–Crippen LogP) is 0.638. The Balaban J connectivity index is 3.80. The van der Waals surface area contributed by atoms with Gasteiger partial charge in [-0.25, -0.2) is 9.59 Å². The molecule has 0 aliphatic carbocycles. The van der Waals surface area contributed by atoms with Gasteiger partial charge < -0.3 is 9.47 Å². The second-order valence-corrected chi connectivity index (χ2v) is 1.92. The minimum absolute atomic E-state index is 0.317. The molecule has 4 nitrogen and oxygen atoms in total. The highest BCUT2D eigenvalue weighted by atomic mass is 16.5. The molecule has 1 radical (unpaired) electrons. The lowest BCUT2D eigenvalue weighted by molar-refractivity contribution is -0.137. The fraction of sp³-hybridized carbons (Fsp3) is 0.333. The van der Waals surface area contributed by atoms with E-state index >= 15 is 0 Å². The molecule has 13 heavy (non-hydrogen) atoms. The zero-order valence-corrected chi connectivity index (χ0v) is 7.57. The molecular weight excluding hydrogens is 172 g/mol. The zero-order valence-electron chi connectivity index (χ0n) is 7.57. The summed E-state index contributed by atoms with van der Waals surface area (Å²) in [7, 11) is 1.27. The van der Waals surface area contributed by atoms with Crippen molar-refractivity contribution in [3.63, 3.8) is 0 Å². The van der Waals surface area contributed by atoms with E-state index in [2.05, 4.69) is 15.5 Å². The fourth-order valence-electron chi connectivity index (χ4n) is 0.484. The summed E-state index contributed by atoms with van der Waals surface area (Å²) in [5.41, 5.74) is 0. The summed E-state index contributed by atoms with van der Waals surface area (Å²) < 4.78 is 8.88. The Morgan fingerprint density at radius 3 is 2.62 bits per heavy atom. The van der Waals surface area contributed by atoms with Crippen molar-refractivity contribution in [2.45, 2.75) is 6.92 Å². The van der Waals surface area contributed by atoms with Crippen LogP contribution in [-0.4, -0.2) is 25.7 Å². The van der Waals surface area contributed by atoms with Gasteiger partial charge in [-0.1, -0.05) is 0 Å². The molecule has 0 atom stereocenters. The van der Waals surface area contributed by atoms with E-state index in [4.69, 9.17) is 0 Å². The highest BCUT2D eigenvalue weighted by Crippen LogP contribution is 1.83. The molecule has 0 rings (SSSR count). The quantitative estimate of drug-likeness (QED) is 0.364. The second-order valence-electron chi connectivity index (χ2n) is 1.92. The lowest BCUT2D eigenvalue weighted by atomic mass is 10.4. The lowest BCUT2D eigenvalue weighted by Gasteiger charge is -1.92. The number of hydrogen-bond acceptors (Lipinski definition) is 4. The molecule has 0 aromatic heterocycles. The van der Waals surface area contributed by atoms with Crippen molar-refractivity contribution >= 4 is 11.9 Å². The zero-order chi connectivity index (χ0) is 10.1. The molecule has 0 saturated carbocycles. The number of allylic oxidation sites excluding steroid dienone is 2. The largest absolute Gasteiger partial charge is 0.466 e. The van der Waals surface area contributed by atoms with Gasteiger partial charge in [-0.3, -0.25) is 0 Å².